The van der Waals surface area contributed by atoms with Crippen LogP contribution in [0.25, 0.3) is 0 Å². The number of benzene rings is 1. The minimum atomic E-state index is -1.67. The second kappa shape index (κ2) is 4.97. The van der Waals surface area contributed by atoms with Crippen LogP contribution in [-0.2, 0) is 9.59 Å². The van der Waals surface area contributed by atoms with E-state index in [0.717, 1.165) is 0 Å². The predicted octanol–water partition coefficient (Wildman–Crippen LogP) is -0.183. The average Bonchev–Trinajstić information content (AvgIpc) is 2.28. The summed E-state index contributed by atoms with van der Waals surface area (Å²) in [5.74, 6) is -3.61. The number of ether oxygens (including phenoxy) is 1. The Morgan fingerprint density at radius 1 is 1.35 bits per heavy atom. The van der Waals surface area contributed by atoms with Crippen molar-refractivity contribution in [3.8, 4) is 5.75 Å². The van der Waals surface area contributed by atoms with Crippen molar-refractivity contribution in [3.63, 3.8) is 0 Å². The fraction of sp³-hybridized carbons (Fsp3) is 0.100. The van der Waals surface area contributed by atoms with Gasteiger partial charge in [0.2, 0.25) is 0 Å². The number of carbonyl (C=O) groups is 3. The molecule has 1 aromatic carbocycles. The van der Waals surface area contributed by atoms with Crippen molar-refractivity contribution in [2.45, 2.75) is 0 Å². The Hall–Kier alpha value is -2.57. The van der Waals surface area contributed by atoms with E-state index in [2.05, 4.69) is 0 Å². The van der Waals surface area contributed by atoms with Crippen LogP contribution in [-0.4, -0.2) is 30.0 Å². The molecule has 0 saturated heterocycles. The molecule has 0 aromatic heterocycles. The normalized spacial score (nSPS) is 9.47. The highest BCUT2D eigenvalue weighted by Crippen LogP contribution is 2.27. The Morgan fingerprint density at radius 3 is 2.47 bits per heavy atom. The van der Waals surface area contributed by atoms with Gasteiger partial charge in [-0.15, -0.1) is 0 Å². The Bertz CT molecular complexity index is 484. The fourth-order valence-electron chi connectivity index (χ4n) is 1.20. The van der Waals surface area contributed by atoms with Crippen LogP contribution in [0.4, 0.5) is 5.69 Å². The Labute approximate surface area is 96.2 Å². The van der Waals surface area contributed by atoms with Crippen molar-refractivity contribution in [1.82, 2.24) is 0 Å². The summed E-state index contributed by atoms with van der Waals surface area (Å²) in [6.07, 6.45) is 0. The lowest BCUT2D eigenvalue weighted by Crippen LogP contribution is -2.24. The van der Waals surface area contributed by atoms with Gasteiger partial charge in [0.1, 0.15) is 5.75 Å². The van der Waals surface area contributed by atoms with E-state index in [1.807, 2.05) is 5.32 Å². The molecule has 0 aliphatic rings. The summed E-state index contributed by atoms with van der Waals surface area (Å²) >= 11 is 0. The Morgan fingerprint density at radius 2 is 2.00 bits per heavy atom. The molecule has 17 heavy (non-hydrogen) atoms. The van der Waals surface area contributed by atoms with E-state index in [9.17, 15) is 14.4 Å². The van der Waals surface area contributed by atoms with E-state index < -0.39 is 17.8 Å². The molecule has 7 heteroatoms. The van der Waals surface area contributed by atoms with Crippen LogP contribution in [0.15, 0.2) is 18.2 Å². The number of carbonyl (C=O) groups excluding carboxylic acids is 2. The molecular weight excluding hydrogens is 228 g/mol. The maximum absolute atomic E-state index is 11.1. The van der Waals surface area contributed by atoms with Crippen LogP contribution < -0.4 is 15.8 Å². The molecule has 0 unspecified atom stereocenters. The molecule has 0 atom stereocenters. The van der Waals surface area contributed by atoms with Crippen LogP contribution in [0.1, 0.15) is 10.4 Å². The third kappa shape index (κ3) is 2.71. The number of rotatable bonds is 3. The maximum atomic E-state index is 11.1. The largest absolute Gasteiger partial charge is 0.495 e. The standard InChI is InChI=1S/C10H10N2O5/c1-17-6-4-2-3-5(8(11)13)7(6)12-9(14)10(15)16/h2-4H,1H3,(H2,11,13)(H,12,14)(H,15,16). The number of amides is 2. The number of hydrogen-bond donors (Lipinski definition) is 3. The van der Waals surface area contributed by atoms with Gasteiger partial charge in [-0.1, -0.05) is 6.07 Å². The number of hydrogen-bond acceptors (Lipinski definition) is 4. The zero-order chi connectivity index (χ0) is 13.0. The highest BCUT2D eigenvalue weighted by Gasteiger charge is 2.19. The van der Waals surface area contributed by atoms with E-state index in [4.69, 9.17) is 15.6 Å². The van der Waals surface area contributed by atoms with Crippen molar-refractivity contribution >= 4 is 23.5 Å². The second-order valence-electron chi connectivity index (χ2n) is 3.01. The first-order valence-corrected chi connectivity index (χ1v) is 4.48. The molecule has 90 valence electrons. The minimum Gasteiger partial charge on any atom is -0.495 e. The predicted molar refractivity (Wildman–Crippen MR) is 57.8 cm³/mol. The van der Waals surface area contributed by atoms with E-state index in [0.29, 0.717) is 0 Å². The number of methoxy groups -OCH3 is 1. The third-order valence-corrected chi connectivity index (χ3v) is 1.94. The summed E-state index contributed by atoms with van der Waals surface area (Å²) in [6, 6.07) is 4.31. The lowest BCUT2D eigenvalue weighted by Gasteiger charge is -2.11. The van der Waals surface area contributed by atoms with E-state index in [-0.39, 0.29) is 17.0 Å². The molecule has 0 saturated carbocycles. The highest BCUT2D eigenvalue weighted by atomic mass is 16.5. The number of para-hydroxylation sites is 1. The number of primary amides is 1. The lowest BCUT2D eigenvalue weighted by atomic mass is 10.1. The van der Waals surface area contributed by atoms with E-state index in [1.54, 1.807) is 0 Å². The molecule has 0 radical (unpaired) electrons. The number of aliphatic carboxylic acids is 1. The monoisotopic (exact) mass is 238 g/mol. The second-order valence-corrected chi connectivity index (χ2v) is 3.01. The first-order chi connectivity index (χ1) is 7.97. The van der Waals surface area contributed by atoms with Gasteiger partial charge in [-0.2, -0.15) is 0 Å². The summed E-state index contributed by atoms with van der Waals surface area (Å²) in [7, 11) is 1.32. The Kier molecular flexibility index (Phi) is 3.66. The summed E-state index contributed by atoms with van der Waals surface area (Å²) < 4.78 is 4.90. The molecule has 7 nitrogen and oxygen atoms in total. The van der Waals surface area contributed by atoms with Gasteiger partial charge < -0.3 is 20.9 Å². The lowest BCUT2D eigenvalue weighted by molar-refractivity contribution is -0.147. The SMILES string of the molecule is COc1cccc(C(N)=O)c1NC(=O)C(=O)O. The van der Waals surface area contributed by atoms with Crippen molar-refractivity contribution in [3.05, 3.63) is 23.8 Å². The zero-order valence-corrected chi connectivity index (χ0v) is 8.89. The molecular formula is C10H10N2O5. The zero-order valence-electron chi connectivity index (χ0n) is 8.89. The molecule has 0 aliphatic heterocycles. The highest BCUT2D eigenvalue weighted by molar-refractivity contribution is 6.37. The van der Waals surface area contributed by atoms with Crippen LogP contribution in [0.3, 0.4) is 0 Å². The van der Waals surface area contributed by atoms with E-state index >= 15 is 0 Å². The summed E-state index contributed by atoms with van der Waals surface area (Å²) in [5, 5.41) is 10.5. The van der Waals surface area contributed by atoms with Crippen LogP contribution in [0.2, 0.25) is 0 Å². The van der Waals surface area contributed by atoms with Crippen LogP contribution in [0, 0.1) is 0 Å². The number of anilines is 1. The van der Waals surface area contributed by atoms with Gasteiger partial charge in [0, 0.05) is 0 Å². The molecule has 0 aliphatic carbocycles. The van der Waals surface area contributed by atoms with Gasteiger partial charge >= 0.3 is 11.9 Å². The van der Waals surface area contributed by atoms with Crippen molar-refractivity contribution in [2.75, 3.05) is 12.4 Å². The van der Waals surface area contributed by atoms with Crippen molar-refractivity contribution in [1.29, 1.82) is 0 Å². The molecule has 0 spiro atoms. The van der Waals surface area contributed by atoms with Gasteiger partial charge in [-0.05, 0) is 12.1 Å². The summed E-state index contributed by atoms with van der Waals surface area (Å²) in [5.41, 5.74) is 5.01. The summed E-state index contributed by atoms with van der Waals surface area (Å²) in [6.45, 7) is 0. The van der Waals surface area contributed by atoms with Crippen molar-refractivity contribution < 1.29 is 24.2 Å². The smallest absolute Gasteiger partial charge is 0.394 e. The molecule has 0 fully saturated rings. The molecule has 0 heterocycles. The molecule has 4 N–H and O–H groups in total. The van der Waals surface area contributed by atoms with Gasteiger partial charge in [0.25, 0.3) is 5.91 Å². The average molecular weight is 238 g/mol. The Balaban J connectivity index is 3.22. The molecule has 0 bridgehead atoms. The van der Waals surface area contributed by atoms with Gasteiger partial charge in [0.05, 0.1) is 18.4 Å². The van der Waals surface area contributed by atoms with Crippen LogP contribution >= 0.6 is 0 Å². The molecule has 2 amide bonds. The minimum absolute atomic E-state index is 0.0287. The number of nitrogens with two attached hydrogens (primary N) is 1. The van der Waals surface area contributed by atoms with E-state index in [1.165, 1.54) is 25.3 Å². The quantitative estimate of drug-likeness (QED) is 0.631. The number of carboxylic acid groups (broad SMARTS) is 1. The van der Waals surface area contributed by atoms with Gasteiger partial charge in [-0.3, -0.25) is 9.59 Å². The first-order valence-electron chi connectivity index (χ1n) is 4.48. The van der Waals surface area contributed by atoms with Crippen molar-refractivity contribution in [2.24, 2.45) is 5.73 Å². The molecule has 1 rings (SSSR count). The number of nitrogens with one attached hydrogen (secondary N) is 1. The number of carboxylic acids is 1. The third-order valence-electron chi connectivity index (χ3n) is 1.94. The van der Waals surface area contributed by atoms with Gasteiger partial charge in [-0.25, -0.2) is 4.79 Å². The fourth-order valence-corrected chi connectivity index (χ4v) is 1.20. The summed E-state index contributed by atoms with van der Waals surface area (Å²) in [4.78, 5) is 32.6. The van der Waals surface area contributed by atoms with Crippen LogP contribution in [0.5, 0.6) is 5.75 Å². The first kappa shape index (κ1) is 12.5. The maximum Gasteiger partial charge on any atom is 0.394 e. The molecule has 1 aromatic rings. The topological polar surface area (TPSA) is 119 Å². The van der Waals surface area contributed by atoms with Gasteiger partial charge in [0.15, 0.2) is 0 Å².